The van der Waals surface area contributed by atoms with Gasteiger partial charge < -0.3 is 4.90 Å². The second kappa shape index (κ2) is 6.83. The summed E-state index contributed by atoms with van der Waals surface area (Å²) in [6.07, 6.45) is 5.24. The van der Waals surface area contributed by atoms with Gasteiger partial charge in [0.1, 0.15) is 12.1 Å². The van der Waals surface area contributed by atoms with Crippen molar-refractivity contribution in [1.82, 2.24) is 34.4 Å². The van der Waals surface area contributed by atoms with Crippen molar-refractivity contribution in [3.8, 4) is 5.82 Å². The fourth-order valence-corrected chi connectivity index (χ4v) is 4.31. The van der Waals surface area contributed by atoms with E-state index in [0.717, 1.165) is 50.1 Å². The van der Waals surface area contributed by atoms with Crippen LogP contribution in [0.1, 0.15) is 5.69 Å². The van der Waals surface area contributed by atoms with Gasteiger partial charge in [0.05, 0.1) is 5.69 Å². The van der Waals surface area contributed by atoms with Gasteiger partial charge in [-0.25, -0.2) is 19.3 Å². The Kier molecular flexibility index (Phi) is 4.16. The minimum absolute atomic E-state index is 0.0722. The molecule has 0 N–H and O–H groups in total. The molecule has 28 heavy (non-hydrogen) atoms. The first-order valence-electron chi connectivity index (χ1n) is 9.48. The summed E-state index contributed by atoms with van der Waals surface area (Å²) in [7, 11) is 1.70. The fraction of sp³-hybridized carbons (Fsp3) is 0.421. The van der Waals surface area contributed by atoms with Crippen molar-refractivity contribution in [2.75, 3.05) is 31.1 Å². The largest absolute Gasteiger partial charge is 0.356 e. The van der Waals surface area contributed by atoms with Crippen LogP contribution in [-0.2, 0) is 13.6 Å². The molecule has 0 spiro atoms. The zero-order chi connectivity index (χ0) is 19.1. The molecule has 5 rings (SSSR count). The first kappa shape index (κ1) is 17.1. The van der Waals surface area contributed by atoms with E-state index in [0.29, 0.717) is 11.8 Å². The number of likely N-dealkylation sites (tertiary alicyclic amines) is 1. The highest BCUT2D eigenvalue weighted by molar-refractivity contribution is 5.44. The lowest BCUT2D eigenvalue weighted by Crippen LogP contribution is -2.30. The highest BCUT2D eigenvalue weighted by Crippen LogP contribution is 2.33. The highest BCUT2D eigenvalue weighted by Gasteiger charge is 2.40. The Balaban J connectivity index is 1.24. The van der Waals surface area contributed by atoms with Gasteiger partial charge in [-0.05, 0) is 24.0 Å². The molecule has 0 saturated carbocycles. The third kappa shape index (κ3) is 3.18. The van der Waals surface area contributed by atoms with Crippen LogP contribution in [0.15, 0.2) is 47.8 Å². The molecule has 9 heteroatoms. The number of aromatic nitrogens is 6. The smallest absolute Gasteiger partial charge is 0.266 e. The molecule has 2 fully saturated rings. The van der Waals surface area contributed by atoms with Crippen LogP contribution in [0.25, 0.3) is 5.82 Å². The van der Waals surface area contributed by atoms with Crippen molar-refractivity contribution in [2.24, 2.45) is 18.9 Å². The maximum atomic E-state index is 11.5. The summed E-state index contributed by atoms with van der Waals surface area (Å²) in [5.41, 5.74) is 0.871. The molecule has 9 nitrogen and oxygen atoms in total. The standard InChI is InChI=1S/C19H22N8O/c1-24-19(28)4-3-16(23-24)12-25-8-14-10-26(11-15(14)9-25)17-7-18(21-13-20-17)27-6-2-5-22-27/h2-7,13-15H,8-12H2,1H3. The van der Waals surface area contributed by atoms with Crippen LogP contribution in [0.5, 0.6) is 0 Å². The molecule has 3 aromatic rings. The molecule has 2 aliphatic heterocycles. The molecule has 2 saturated heterocycles. The summed E-state index contributed by atoms with van der Waals surface area (Å²) in [5.74, 6) is 2.99. The van der Waals surface area contributed by atoms with Gasteiger partial charge in [-0.3, -0.25) is 9.69 Å². The minimum atomic E-state index is -0.0722. The lowest BCUT2D eigenvalue weighted by Gasteiger charge is -2.22. The highest BCUT2D eigenvalue weighted by atomic mass is 16.1. The molecular formula is C19H22N8O. The van der Waals surface area contributed by atoms with E-state index in [1.165, 1.54) is 4.68 Å². The lowest BCUT2D eigenvalue weighted by molar-refractivity contribution is 0.302. The quantitative estimate of drug-likeness (QED) is 0.646. The van der Waals surface area contributed by atoms with Crippen LogP contribution in [-0.4, -0.2) is 60.6 Å². The van der Waals surface area contributed by atoms with Gasteiger partial charge in [0, 0.05) is 64.3 Å². The minimum Gasteiger partial charge on any atom is -0.356 e. The summed E-state index contributed by atoms with van der Waals surface area (Å²) < 4.78 is 3.16. The molecule has 0 bridgehead atoms. The van der Waals surface area contributed by atoms with Crippen molar-refractivity contribution < 1.29 is 0 Å². The molecule has 5 heterocycles. The average Bonchev–Trinajstić information content (AvgIpc) is 3.41. The Bertz CT molecular complexity index is 1020. The van der Waals surface area contributed by atoms with E-state index < -0.39 is 0 Å². The van der Waals surface area contributed by atoms with Gasteiger partial charge in [-0.2, -0.15) is 10.2 Å². The molecule has 3 aromatic heterocycles. The number of rotatable bonds is 4. The zero-order valence-electron chi connectivity index (χ0n) is 15.7. The van der Waals surface area contributed by atoms with E-state index in [-0.39, 0.29) is 5.56 Å². The maximum absolute atomic E-state index is 11.5. The number of anilines is 1. The van der Waals surface area contributed by atoms with E-state index in [1.54, 1.807) is 30.3 Å². The first-order chi connectivity index (χ1) is 13.7. The van der Waals surface area contributed by atoms with Crippen molar-refractivity contribution >= 4 is 5.82 Å². The summed E-state index contributed by atoms with van der Waals surface area (Å²) >= 11 is 0. The van der Waals surface area contributed by atoms with E-state index in [2.05, 4.69) is 30.0 Å². The molecule has 0 radical (unpaired) electrons. The normalized spacial score (nSPS) is 22.0. The number of fused-ring (bicyclic) bond motifs is 1. The summed E-state index contributed by atoms with van der Waals surface area (Å²) in [5, 5.41) is 8.60. The third-order valence-electron chi connectivity index (χ3n) is 5.66. The predicted molar refractivity (Wildman–Crippen MR) is 103 cm³/mol. The monoisotopic (exact) mass is 378 g/mol. The predicted octanol–water partition coefficient (Wildman–Crippen LogP) is 0.324. The Morgan fingerprint density at radius 3 is 2.57 bits per heavy atom. The van der Waals surface area contributed by atoms with Crippen LogP contribution in [0, 0.1) is 11.8 Å². The van der Waals surface area contributed by atoms with Gasteiger partial charge in [0.25, 0.3) is 5.56 Å². The molecule has 0 aromatic carbocycles. The lowest BCUT2D eigenvalue weighted by atomic mass is 10.0. The number of hydrogen-bond donors (Lipinski definition) is 0. The van der Waals surface area contributed by atoms with Crippen LogP contribution in [0.4, 0.5) is 5.82 Å². The first-order valence-corrected chi connectivity index (χ1v) is 9.48. The van der Waals surface area contributed by atoms with Crippen molar-refractivity contribution in [3.05, 3.63) is 59.0 Å². The van der Waals surface area contributed by atoms with E-state index in [1.807, 2.05) is 24.4 Å². The molecular weight excluding hydrogens is 356 g/mol. The summed E-state index contributed by atoms with van der Waals surface area (Å²) in [6, 6.07) is 7.31. The van der Waals surface area contributed by atoms with Gasteiger partial charge >= 0.3 is 0 Å². The van der Waals surface area contributed by atoms with Crippen molar-refractivity contribution in [1.29, 1.82) is 0 Å². The molecule has 0 amide bonds. The van der Waals surface area contributed by atoms with Crippen LogP contribution >= 0.6 is 0 Å². The molecule has 2 atom stereocenters. The van der Waals surface area contributed by atoms with E-state index in [4.69, 9.17) is 0 Å². The Morgan fingerprint density at radius 2 is 1.86 bits per heavy atom. The number of aryl methyl sites for hydroxylation is 1. The number of nitrogens with zero attached hydrogens (tertiary/aromatic N) is 8. The Hall–Kier alpha value is -3.07. The Morgan fingerprint density at radius 1 is 1.07 bits per heavy atom. The maximum Gasteiger partial charge on any atom is 0.266 e. The Labute approximate surface area is 162 Å². The van der Waals surface area contributed by atoms with Crippen LogP contribution in [0.3, 0.4) is 0 Å². The van der Waals surface area contributed by atoms with E-state index in [9.17, 15) is 4.79 Å². The van der Waals surface area contributed by atoms with Crippen LogP contribution < -0.4 is 10.5 Å². The average molecular weight is 378 g/mol. The SMILES string of the molecule is Cn1nc(CN2CC3CN(c4cc(-n5cccn5)ncn4)CC3C2)ccc1=O. The molecule has 144 valence electrons. The van der Waals surface area contributed by atoms with Crippen molar-refractivity contribution in [3.63, 3.8) is 0 Å². The molecule has 2 unspecified atom stereocenters. The second-order valence-corrected chi connectivity index (χ2v) is 7.59. The van der Waals surface area contributed by atoms with Gasteiger partial charge in [-0.15, -0.1) is 0 Å². The van der Waals surface area contributed by atoms with E-state index >= 15 is 0 Å². The molecule has 2 aliphatic rings. The topological polar surface area (TPSA) is 85.0 Å². The summed E-state index contributed by atoms with van der Waals surface area (Å²) in [6.45, 7) is 4.87. The van der Waals surface area contributed by atoms with Gasteiger partial charge in [-0.1, -0.05) is 0 Å². The molecule has 0 aliphatic carbocycles. The zero-order valence-corrected chi connectivity index (χ0v) is 15.7. The third-order valence-corrected chi connectivity index (χ3v) is 5.66. The van der Waals surface area contributed by atoms with Gasteiger partial charge in [0.15, 0.2) is 5.82 Å². The summed E-state index contributed by atoms with van der Waals surface area (Å²) in [4.78, 5) is 25.1. The van der Waals surface area contributed by atoms with Gasteiger partial charge in [0.2, 0.25) is 0 Å². The van der Waals surface area contributed by atoms with Crippen LogP contribution in [0.2, 0.25) is 0 Å². The number of hydrogen-bond acceptors (Lipinski definition) is 7. The second-order valence-electron chi connectivity index (χ2n) is 7.59. The fourth-order valence-electron chi connectivity index (χ4n) is 4.31. The van der Waals surface area contributed by atoms with Crippen molar-refractivity contribution in [2.45, 2.75) is 6.54 Å².